The van der Waals surface area contributed by atoms with Crippen LogP contribution in [0, 0.1) is 0 Å². The highest BCUT2D eigenvalue weighted by molar-refractivity contribution is 5.97. The summed E-state index contributed by atoms with van der Waals surface area (Å²) in [5, 5.41) is 18.1. The van der Waals surface area contributed by atoms with Gasteiger partial charge in [0.2, 0.25) is 11.8 Å². The summed E-state index contributed by atoms with van der Waals surface area (Å²) in [5.74, 6) is -1.30. The van der Waals surface area contributed by atoms with E-state index < -0.39 is 24.5 Å². The molecular formula is C11H14N2O4. The van der Waals surface area contributed by atoms with Gasteiger partial charge in [0.25, 0.3) is 0 Å². The van der Waals surface area contributed by atoms with E-state index in [4.69, 9.17) is 16.6 Å². The molecule has 0 radical (unpaired) electrons. The quantitative estimate of drug-likeness (QED) is 0.512. The van der Waals surface area contributed by atoms with Gasteiger partial charge in [-0.1, -0.05) is 0 Å². The summed E-state index contributed by atoms with van der Waals surface area (Å²) >= 11 is 0. The molecule has 0 aromatic heterocycles. The third-order valence-corrected chi connectivity index (χ3v) is 2.32. The predicted molar refractivity (Wildman–Crippen MR) is 60.3 cm³/mol. The van der Waals surface area contributed by atoms with Crippen LogP contribution in [0.1, 0.15) is 26.3 Å². The minimum absolute atomic E-state index is 0.0237. The predicted octanol–water partition coefficient (Wildman–Crippen LogP) is -1.22. The number of amides is 2. The lowest BCUT2D eigenvalue weighted by molar-refractivity contribution is 0.0936. The fraction of sp³-hybridized carbons (Fsp3) is 0.273. The number of primary amides is 2. The Morgan fingerprint density at radius 1 is 1.24 bits per heavy atom. The zero-order valence-electron chi connectivity index (χ0n) is 9.09. The van der Waals surface area contributed by atoms with Crippen LogP contribution < -0.4 is 11.5 Å². The third kappa shape index (κ3) is 3.27. The monoisotopic (exact) mass is 238 g/mol. The Labute approximate surface area is 97.8 Å². The van der Waals surface area contributed by atoms with Crippen molar-refractivity contribution >= 4 is 11.8 Å². The minimum Gasteiger partial charge on any atom is -0.394 e. The fourth-order valence-electron chi connectivity index (χ4n) is 1.47. The molecule has 0 aliphatic heterocycles. The Kier molecular flexibility index (Phi) is 4.19. The highest BCUT2D eigenvalue weighted by atomic mass is 16.3. The number of hydrogen-bond donors (Lipinski definition) is 4. The molecule has 2 amide bonds. The molecule has 6 heteroatoms. The minimum atomic E-state index is -1.02. The fourth-order valence-corrected chi connectivity index (χ4v) is 1.47. The number of hydrogen-bond acceptors (Lipinski definition) is 4. The molecule has 0 heterocycles. The lowest BCUT2D eigenvalue weighted by Gasteiger charge is -2.11. The second-order valence-electron chi connectivity index (χ2n) is 3.64. The van der Waals surface area contributed by atoms with Crippen molar-refractivity contribution in [2.24, 2.45) is 11.5 Å². The summed E-state index contributed by atoms with van der Waals surface area (Å²) in [4.78, 5) is 22.1. The molecule has 0 saturated heterocycles. The Balaban J connectivity index is 3.15. The highest BCUT2D eigenvalue weighted by Gasteiger charge is 2.14. The molecule has 17 heavy (non-hydrogen) atoms. The highest BCUT2D eigenvalue weighted by Crippen LogP contribution is 2.14. The van der Waals surface area contributed by atoms with E-state index in [1.165, 1.54) is 18.2 Å². The Bertz CT molecular complexity index is 445. The van der Waals surface area contributed by atoms with Gasteiger partial charge in [-0.05, 0) is 23.8 Å². The molecule has 0 bridgehead atoms. The lowest BCUT2D eigenvalue weighted by Crippen LogP contribution is -2.21. The average molecular weight is 238 g/mol. The van der Waals surface area contributed by atoms with Crippen molar-refractivity contribution in [1.82, 2.24) is 0 Å². The third-order valence-electron chi connectivity index (χ3n) is 2.32. The zero-order valence-corrected chi connectivity index (χ0v) is 9.09. The first-order valence-electron chi connectivity index (χ1n) is 4.97. The van der Waals surface area contributed by atoms with Gasteiger partial charge in [0.05, 0.1) is 12.7 Å². The maximum Gasteiger partial charge on any atom is 0.248 e. The number of rotatable bonds is 5. The number of carbonyl (C=O) groups excluding carboxylic acids is 2. The molecule has 0 spiro atoms. The molecule has 0 aliphatic carbocycles. The van der Waals surface area contributed by atoms with Crippen LogP contribution in [-0.2, 0) is 6.42 Å². The SMILES string of the molecule is NC(=O)c1ccc(C(N)=O)c(CC(O)CO)c1. The number of aliphatic hydroxyl groups is 2. The standard InChI is InChI=1S/C11H14N2O4/c12-10(16)6-1-2-9(11(13)17)7(3-6)4-8(15)5-14/h1-3,8,14-15H,4-5H2,(H2,12,16)(H2,13,17). The van der Waals surface area contributed by atoms with Crippen LogP contribution in [0.3, 0.4) is 0 Å². The molecule has 1 rings (SSSR count). The van der Waals surface area contributed by atoms with Gasteiger partial charge in [0, 0.05) is 17.5 Å². The van der Waals surface area contributed by atoms with E-state index in [1.54, 1.807) is 0 Å². The van der Waals surface area contributed by atoms with E-state index >= 15 is 0 Å². The molecule has 1 aromatic rings. The zero-order chi connectivity index (χ0) is 13.0. The van der Waals surface area contributed by atoms with Crippen molar-refractivity contribution < 1.29 is 19.8 Å². The lowest BCUT2D eigenvalue weighted by atomic mass is 9.98. The van der Waals surface area contributed by atoms with Crippen LogP contribution in [0.4, 0.5) is 0 Å². The molecule has 0 saturated carbocycles. The van der Waals surface area contributed by atoms with E-state index in [0.717, 1.165) is 0 Å². The first-order valence-corrected chi connectivity index (χ1v) is 4.97. The normalized spacial score (nSPS) is 12.1. The number of nitrogens with two attached hydrogens (primary N) is 2. The van der Waals surface area contributed by atoms with E-state index in [9.17, 15) is 14.7 Å². The summed E-state index contributed by atoms with van der Waals surface area (Å²) in [7, 11) is 0. The first kappa shape index (κ1) is 13.1. The molecule has 1 aromatic carbocycles. The van der Waals surface area contributed by atoms with Crippen molar-refractivity contribution in [3.8, 4) is 0 Å². The van der Waals surface area contributed by atoms with Gasteiger partial charge in [-0.2, -0.15) is 0 Å². The first-order chi connectivity index (χ1) is 7.95. The largest absolute Gasteiger partial charge is 0.394 e. The Morgan fingerprint density at radius 3 is 2.35 bits per heavy atom. The Morgan fingerprint density at radius 2 is 1.88 bits per heavy atom. The van der Waals surface area contributed by atoms with Crippen molar-refractivity contribution in [3.63, 3.8) is 0 Å². The topological polar surface area (TPSA) is 127 Å². The van der Waals surface area contributed by atoms with Crippen LogP contribution in [0.15, 0.2) is 18.2 Å². The molecule has 6 N–H and O–H groups in total. The van der Waals surface area contributed by atoms with E-state index in [1.807, 2.05) is 0 Å². The van der Waals surface area contributed by atoms with Gasteiger partial charge in [-0.15, -0.1) is 0 Å². The van der Waals surface area contributed by atoms with Crippen molar-refractivity contribution in [2.45, 2.75) is 12.5 Å². The van der Waals surface area contributed by atoms with Crippen molar-refractivity contribution in [2.75, 3.05) is 6.61 Å². The van der Waals surface area contributed by atoms with Gasteiger partial charge in [0.1, 0.15) is 0 Å². The van der Waals surface area contributed by atoms with Crippen molar-refractivity contribution in [3.05, 3.63) is 34.9 Å². The molecule has 6 nitrogen and oxygen atoms in total. The van der Waals surface area contributed by atoms with Crippen molar-refractivity contribution in [1.29, 1.82) is 0 Å². The van der Waals surface area contributed by atoms with E-state index in [0.29, 0.717) is 5.56 Å². The van der Waals surface area contributed by atoms with Crippen LogP contribution in [-0.4, -0.2) is 34.7 Å². The summed E-state index contributed by atoms with van der Waals surface area (Å²) in [5.41, 5.74) is 11.1. The maximum absolute atomic E-state index is 11.1. The summed E-state index contributed by atoms with van der Waals surface area (Å²) < 4.78 is 0. The molecule has 1 atom stereocenters. The second-order valence-corrected chi connectivity index (χ2v) is 3.64. The molecular weight excluding hydrogens is 224 g/mol. The van der Waals surface area contributed by atoms with E-state index in [2.05, 4.69) is 0 Å². The molecule has 0 aliphatic rings. The summed E-state index contributed by atoms with van der Waals surface area (Å²) in [6.07, 6.45) is -0.994. The Hall–Kier alpha value is -1.92. The number of carbonyl (C=O) groups is 2. The van der Waals surface area contributed by atoms with Crippen LogP contribution in [0.2, 0.25) is 0 Å². The average Bonchev–Trinajstić information content (AvgIpc) is 2.28. The van der Waals surface area contributed by atoms with Gasteiger partial charge in [0.15, 0.2) is 0 Å². The van der Waals surface area contributed by atoms with Crippen LogP contribution in [0.25, 0.3) is 0 Å². The van der Waals surface area contributed by atoms with Gasteiger partial charge in [-0.3, -0.25) is 9.59 Å². The van der Waals surface area contributed by atoms with Crippen LogP contribution >= 0.6 is 0 Å². The van der Waals surface area contributed by atoms with Crippen LogP contribution in [0.5, 0.6) is 0 Å². The molecule has 92 valence electrons. The van der Waals surface area contributed by atoms with Gasteiger partial charge >= 0.3 is 0 Å². The summed E-state index contributed by atoms with van der Waals surface area (Å²) in [6.45, 7) is -0.445. The van der Waals surface area contributed by atoms with E-state index in [-0.39, 0.29) is 17.5 Å². The second kappa shape index (κ2) is 5.42. The number of aliphatic hydroxyl groups excluding tert-OH is 2. The smallest absolute Gasteiger partial charge is 0.248 e. The van der Waals surface area contributed by atoms with Gasteiger partial charge in [-0.25, -0.2) is 0 Å². The maximum atomic E-state index is 11.1. The molecule has 1 unspecified atom stereocenters. The molecule has 0 fully saturated rings. The van der Waals surface area contributed by atoms with Gasteiger partial charge < -0.3 is 21.7 Å². The summed E-state index contributed by atoms with van der Waals surface area (Å²) in [6, 6.07) is 4.15. The number of benzene rings is 1.